The van der Waals surface area contributed by atoms with Crippen molar-refractivity contribution >= 4 is 11.9 Å². The third-order valence-corrected chi connectivity index (χ3v) is 7.19. The van der Waals surface area contributed by atoms with Crippen LogP contribution in [-0.4, -0.2) is 58.8 Å². The van der Waals surface area contributed by atoms with E-state index in [4.69, 9.17) is 9.47 Å². The number of carbonyl (C=O) groups excluding carboxylic acids is 2. The van der Waals surface area contributed by atoms with Crippen LogP contribution < -0.4 is 0 Å². The zero-order valence-corrected chi connectivity index (χ0v) is 28.0. The van der Waals surface area contributed by atoms with Gasteiger partial charge in [0.05, 0.1) is 12.2 Å². The van der Waals surface area contributed by atoms with Crippen LogP contribution in [0.15, 0.2) is 48.6 Å². The van der Waals surface area contributed by atoms with Gasteiger partial charge < -0.3 is 24.8 Å². The molecule has 7 heteroatoms. The Balaban J connectivity index is 3.78. The van der Waals surface area contributed by atoms with E-state index in [1.807, 2.05) is 6.08 Å². The van der Waals surface area contributed by atoms with Gasteiger partial charge in [-0.05, 0) is 44.4 Å². The van der Waals surface area contributed by atoms with E-state index >= 15 is 0 Å². The highest BCUT2D eigenvalue weighted by atomic mass is 16.6. The van der Waals surface area contributed by atoms with Crippen molar-refractivity contribution < 1.29 is 34.4 Å². The van der Waals surface area contributed by atoms with E-state index in [0.717, 1.165) is 31.6 Å². The van der Waals surface area contributed by atoms with Crippen molar-refractivity contribution in [3.63, 3.8) is 0 Å². The van der Waals surface area contributed by atoms with Crippen molar-refractivity contribution in [2.24, 2.45) is 5.92 Å². The third-order valence-electron chi connectivity index (χ3n) is 7.19. The van der Waals surface area contributed by atoms with Crippen LogP contribution in [0.4, 0.5) is 0 Å². The number of carbonyl (C=O) groups is 2. The molecule has 0 fully saturated rings. The summed E-state index contributed by atoms with van der Waals surface area (Å²) in [5, 5.41) is 29.9. The Morgan fingerprint density at radius 2 is 1.16 bits per heavy atom. The number of unbranched alkanes of at least 4 members (excludes halogenated alkanes) is 10. The first-order chi connectivity index (χ1) is 21.2. The van der Waals surface area contributed by atoms with Gasteiger partial charge in [0.25, 0.3) is 0 Å². The van der Waals surface area contributed by atoms with Crippen molar-refractivity contribution in [1.82, 2.24) is 0 Å². The van der Waals surface area contributed by atoms with Crippen LogP contribution in [0.2, 0.25) is 0 Å². The van der Waals surface area contributed by atoms with Gasteiger partial charge in [0, 0.05) is 12.8 Å². The summed E-state index contributed by atoms with van der Waals surface area (Å²) in [5.74, 6) is -0.0140. The van der Waals surface area contributed by atoms with E-state index in [1.54, 1.807) is 36.5 Å². The number of aliphatic hydroxyl groups is 3. The molecule has 0 aliphatic rings. The standard InChI is InChI=1S/C37H64O7/c1-4-5-6-7-13-18-24-33(38)25-19-15-16-20-26-34(39)27-22-29-37(42)44-31-35(40)30-43-36(41)28-21-14-11-9-8-10-12-17-23-32(2)3/h13,15-16,18-20,25-26,32-35,38-40H,4-12,14,17,21-24,27-31H2,1-3H3/b16-15+,18-13-,25-19+,26-20-/t33-,34-,35-/m1/s1. The van der Waals surface area contributed by atoms with Crippen LogP contribution in [0.3, 0.4) is 0 Å². The van der Waals surface area contributed by atoms with Gasteiger partial charge in [-0.2, -0.15) is 0 Å². The summed E-state index contributed by atoms with van der Waals surface area (Å²) < 4.78 is 10.2. The number of ether oxygens (including phenoxy) is 2. The van der Waals surface area contributed by atoms with Crippen LogP contribution in [0.5, 0.6) is 0 Å². The highest BCUT2D eigenvalue weighted by molar-refractivity contribution is 5.69. The van der Waals surface area contributed by atoms with Gasteiger partial charge in [0.15, 0.2) is 0 Å². The van der Waals surface area contributed by atoms with E-state index in [0.29, 0.717) is 25.7 Å². The van der Waals surface area contributed by atoms with Gasteiger partial charge in [-0.3, -0.25) is 9.59 Å². The molecule has 0 bridgehead atoms. The number of allylic oxidation sites excluding steroid dienone is 5. The van der Waals surface area contributed by atoms with Crippen molar-refractivity contribution in [2.75, 3.05) is 13.2 Å². The zero-order chi connectivity index (χ0) is 32.7. The normalized spacial score (nSPS) is 14.3. The summed E-state index contributed by atoms with van der Waals surface area (Å²) in [5.41, 5.74) is 0. The summed E-state index contributed by atoms with van der Waals surface area (Å²) >= 11 is 0. The van der Waals surface area contributed by atoms with E-state index in [1.165, 1.54) is 57.8 Å². The van der Waals surface area contributed by atoms with Crippen molar-refractivity contribution in [3.05, 3.63) is 48.6 Å². The highest BCUT2D eigenvalue weighted by Crippen LogP contribution is 2.13. The van der Waals surface area contributed by atoms with Gasteiger partial charge in [-0.1, -0.05) is 134 Å². The minimum Gasteiger partial charge on any atom is -0.463 e. The predicted octanol–water partition coefficient (Wildman–Crippen LogP) is 8.08. The fourth-order valence-corrected chi connectivity index (χ4v) is 4.46. The molecule has 3 atom stereocenters. The van der Waals surface area contributed by atoms with Crippen LogP contribution in [0, 0.1) is 5.92 Å². The Kier molecular flexibility index (Phi) is 29.2. The molecular weight excluding hydrogens is 556 g/mol. The van der Waals surface area contributed by atoms with E-state index in [-0.39, 0.29) is 25.6 Å². The summed E-state index contributed by atoms with van der Waals surface area (Å²) in [6.45, 7) is 6.29. The molecule has 0 amide bonds. The molecular formula is C37H64O7. The van der Waals surface area contributed by atoms with Crippen LogP contribution >= 0.6 is 0 Å². The molecule has 44 heavy (non-hydrogen) atoms. The topological polar surface area (TPSA) is 113 Å². The maximum Gasteiger partial charge on any atom is 0.305 e. The molecule has 0 saturated heterocycles. The van der Waals surface area contributed by atoms with Crippen molar-refractivity contribution in [2.45, 2.75) is 155 Å². The number of rotatable bonds is 29. The maximum atomic E-state index is 11.9. The van der Waals surface area contributed by atoms with Gasteiger partial charge in [-0.25, -0.2) is 0 Å². The summed E-state index contributed by atoms with van der Waals surface area (Å²) in [7, 11) is 0. The van der Waals surface area contributed by atoms with Crippen molar-refractivity contribution in [3.8, 4) is 0 Å². The highest BCUT2D eigenvalue weighted by Gasteiger charge is 2.12. The molecule has 254 valence electrons. The average Bonchev–Trinajstić information content (AvgIpc) is 2.99. The maximum absolute atomic E-state index is 11.9. The first kappa shape index (κ1) is 41.8. The Morgan fingerprint density at radius 3 is 1.75 bits per heavy atom. The Labute approximate surface area is 268 Å². The van der Waals surface area contributed by atoms with Gasteiger partial charge in [0.1, 0.15) is 19.3 Å². The molecule has 0 rings (SSSR count). The first-order valence-electron chi connectivity index (χ1n) is 17.3. The monoisotopic (exact) mass is 620 g/mol. The third kappa shape index (κ3) is 31.2. The molecule has 0 aromatic carbocycles. The van der Waals surface area contributed by atoms with Gasteiger partial charge in [0.2, 0.25) is 0 Å². The number of hydrogen-bond acceptors (Lipinski definition) is 7. The fraction of sp³-hybridized carbons (Fsp3) is 0.730. The largest absolute Gasteiger partial charge is 0.463 e. The molecule has 7 nitrogen and oxygen atoms in total. The quantitative estimate of drug-likeness (QED) is 0.0335. The van der Waals surface area contributed by atoms with E-state index in [9.17, 15) is 24.9 Å². The summed E-state index contributed by atoms with van der Waals surface area (Å²) in [6.07, 6.45) is 29.5. The molecule has 3 N–H and O–H groups in total. The Hall–Kier alpha value is -2.22. The van der Waals surface area contributed by atoms with E-state index in [2.05, 4.69) is 26.8 Å². The van der Waals surface area contributed by atoms with Crippen molar-refractivity contribution in [1.29, 1.82) is 0 Å². The molecule has 0 radical (unpaired) electrons. The number of aliphatic hydroxyl groups excluding tert-OH is 3. The molecule has 0 spiro atoms. The second-order valence-electron chi connectivity index (χ2n) is 12.2. The number of esters is 2. The second kappa shape index (κ2) is 30.8. The smallest absolute Gasteiger partial charge is 0.305 e. The predicted molar refractivity (Wildman–Crippen MR) is 180 cm³/mol. The second-order valence-corrected chi connectivity index (χ2v) is 12.2. The average molecular weight is 621 g/mol. The minimum atomic E-state index is -1.05. The fourth-order valence-electron chi connectivity index (χ4n) is 4.46. The molecule has 0 aromatic rings. The van der Waals surface area contributed by atoms with Gasteiger partial charge in [-0.15, -0.1) is 0 Å². The lowest BCUT2D eigenvalue weighted by Gasteiger charge is -2.12. The molecule has 0 aliphatic heterocycles. The van der Waals surface area contributed by atoms with Crippen LogP contribution in [0.1, 0.15) is 136 Å². The summed E-state index contributed by atoms with van der Waals surface area (Å²) in [4.78, 5) is 23.8. The molecule has 0 unspecified atom stereocenters. The lowest BCUT2D eigenvalue weighted by Crippen LogP contribution is -2.25. The van der Waals surface area contributed by atoms with Crippen LogP contribution in [0.25, 0.3) is 0 Å². The lowest BCUT2D eigenvalue weighted by molar-refractivity contribution is -0.152. The zero-order valence-electron chi connectivity index (χ0n) is 28.0. The Morgan fingerprint density at radius 1 is 0.614 bits per heavy atom. The minimum absolute atomic E-state index is 0.124. The lowest BCUT2D eigenvalue weighted by atomic mass is 10.0. The molecule has 0 aliphatic carbocycles. The SMILES string of the molecule is CCCCC/C=C\C[C@@H](O)/C=C/C=C/C=C\[C@@H](O)CCCC(=O)OC[C@H](O)COC(=O)CCCCCCCCCCC(C)C. The number of hydrogen-bond donors (Lipinski definition) is 3. The molecule has 0 heterocycles. The van der Waals surface area contributed by atoms with E-state index < -0.39 is 24.3 Å². The summed E-state index contributed by atoms with van der Waals surface area (Å²) in [6, 6.07) is 0. The molecule has 0 saturated carbocycles. The Bertz CT molecular complexity index is 800. The molecule has 0 aromatic heterocycles. The van der Waals surface area contributed by atoms with Crippen LogP contribution in [-0.2, 0) is 19.1 Å². The van der Waals surface area contributed by atoms with Gasteiger partial charge >= 0.3 is 11.9 Å². The first-order valence-corrected chi connectivity index (χ1v) is 17.3.